The van der Waals surface area contributed by atoms with E-state index in [0.29, 0.717) is 28.4 Å². The number of amides is 1. The molecule has 9 heteroatoms. The second kappa shape index (κ2) is 7.34. The van der Waals surface area contributed by atoms with Crippen LogP contribution in [0.15, 0.2) is 47.7 Å². The van der Waals surface area contributed by atoms with E-state index >= 15 is 0 Å². The van der Waals surface area contributed by atoms with Gasteiger partial charge in [-0.3, -0.25) is 19.5 Å². The Balaban J connectivity index is 1.55. The molecule has 3 heterocycles. The Morgan fingerprint density at radius 2 is 2.00 bits per heavy atom. The molecule has 1 amide bonds. The molecular weight excluding hydrogens is 379 g/mol. The maximum atomic E-state index is 14.5. The molecule has 0 fully saturated rings. The van der Waals surface area contributed by atoms with E-state index in [1.54, 1.807) is 25.4 Å². The highest BCUT2D eigenvalue weighted by Crippen LogP contribution is 2.31. The van der Waals surface area contributed by atoms with Gasteiger partial charge < -0.3 is 14.0 Å². The van der Waals surface area contributed by atoms with Gasteiger partial charge in [-0.1, -0.05) is 0 Å². The fraction of sp³-hybridized carbons (Fsp3) is 0.200. The minimum absolute atomic E-state index is 0.0370. The first kappa shape index (κ1) is 18.6. The van der Waals surface area contributed by atoms with Crippen LogP contribution in [0, 0.1) is 5.82 Å². The quantitative estimate of drug-likeness (QED) is 0.656. The molecular formula is C20H17FN4O4. The zero-order valence-corrected chi connectivity index (χ0v) is 15.8. The van der Waals surface area contributed by atoms with Crippen molar-refractivity contribution in [2.24, 2.45) is 7.05 Å². The minimum Gasteiger partial charge on any atom is -0.495 e. The molecule has 4 rings (SSSR count). The molecule has 2 aromatic heterocycles. The summed E-state index contributed by atoms with van der Waals surface area (Å²) in [5.74, 6) is -0.0160. The molecule has 0 radical (unpaired) electrons. The van der Waals surface area contributed by atoms with Crippen LogP contribution in [0.4, 0.5) is 10.2 Å². The van der Waals surface area contributed by atoms with Crippen LogP contribution in [-0.4, -0.2) is 27.6 Å². The van der Waals surface area contributed by atoms with Crippen molar-refractivity contribution in [1.82, 2.24) is 14.5 Å². The molecule has 1 aliphatic rings. The first-order valence-electron chi connectivity index (χ1n) is 8.75. The fourth-order valence-electron chi connectivity index (χ4n) is 3.00. The Morgan fingerprint density at radius 1 is 1.17 bits per heavy atom. The van der Waals surface area contributed by atoms with Crippen LogP contribution in [0.5, 0.6) is 11.5 Å². The smallest absolute Gasteiger partial charge is 0.268 e. The summed E-state index contributed by atoms with van der Waals surface area (Å²) in [6.45, 7) is 0.205. The molecule has 29 heavy (non-hydrogen) atoms. The molecule has 0 aliphatic carbocycles. The maximum Gasteiger partial charge on any atom is 0.268 e. The molecule has 0 atom stereocenters. The van der Waals surface area contributed by atoms with Gasteiger partial charge in [0.15, 0.2) is 17.4 Å². The van der Waals surface area contributed by atoms with E-state index in [-0.39, 0.29) is 30.4 Å². The van der Waals surface area contributed by atoms with Gasteiger partial charge in [-0.05, 0) is 29.8 Å². The number of benzene rings is 1. The molecule has 148 valence electrons. The molecule has 3 aromatic rings. The van der Waals surface area contributed by atoms with E-state index in [9.17, 15) is 14.0 Å². The molecule has 8 nitrogen and oxygen atoms in total. The molecule has 0 saturated heterocycles. The van der Waals surface area contributed by atoms with Gasteiger partial charge in [-0.25, -0.2) is 9.37 Å². The lowest BCUT2D eigenvalue weighted by Crippen LogP contribution is -2.27. The van der Waals surface area contributed by atoms with Gasteiger partial charge in [0.25, 0.3) is 11.5 Å². The summed E-state index contributed by atoms with van der Waals surface area (Å²) in [6.07, 6.45) is 4.15. The van der Waals surface area contributed by atoms with Crippen molar-refractivity contribution in [3.8, 4) is 11.5 Å². The van der Waals surface area contributed by atoms with E-state index < -0.39 is 5.82 Å². The summed E-state index contributed by atoms with van der Waals surface area (Å²) >= 11 is 0. The minimum atomic E-state index is -0.569. The number of carbonyl (C=O) groups is 1. The van der Waals surface area contributed by atoms with Crippen molar-refractivity contribution >= 4 is 11.7 Å². The number of methoxy groups -OCH3 is 1. The Kier molecular flexibility index (Phi) is 4.71. The van der Waals surface area contributed by atoms with Crippen LogP contribution in [0.25, 0.3) is 0 Å². The van der Waals surface area contributed by atoms with Crippen LogP contribution in [-0.2, 0) is 20.2 Å². The average molecular weight is 396 g/mol. The number of carbonyl (C=O) groups excluding carboxylic acids is 1. The van der Waals surface area contributed by atoms with Gasteiger partial charge in [0.2, 0.25) is 0 Å². The molecule has 0 spiro atoms. The number of ether oxygens (including phenoxy) is 2. The van der Waals surface area contributed by atoms with Crippen molar-refractivity contribution in [1.29, 1.82) is 0 Å². The Bertz CT molecular complexity index is 1140. The number of aromatic nitrogens is 3. The highest BCUT2D eigenvalue weighted by molar-refractivity contribution is 6.09. The molecule has 1 aliphatic heterocycles. The van der Waals surface area contributed by atoms with Gasteiger partial charge in [-0.15, -0.1) is 0 Å². The zero-order valence-electron chi connectivity index (χ0n) is 15.8. The number of hydrogen-bond acceptors (Lipinski definition) is 6. The maximum absolute atomic E-state index is 14.5. The Hall–Kier alpha value is -3.75. The summed E-state index contributed by atoms with van der Waals surface area (Å²) in [7, 11) is 3.11. The summed E-state index contributed by atoms with van der Waals surface area (Å²) in [5, 5.41) is 0. The highest BCUT2D eigenvalue weighted by Gasteiger charge is 2.31. The number of nitrogens with zero attached hydrogens (tertiary/aromatic N) is 4. The topological polar surface area (TPSA) is 86.5 Å². The number of halogens is 1. The van der Waals surface area contributed by atoms with Crippen molar-refractivity contribution in [3.63, 3.8) is 0 Å². The number of fused-ring (bicyclic) bond motifs is 1. The van der Waals surface area contributed by atoms with E-state index in [1.165, 1.54) is 34.9 Å². The second-order valence-corrected chi connectivity index (χ2v) is 6.50. The first-order chi connectivity index (χ1) is 14.0. The largest absolute Gasteiger partial charge is 0.495 e. The second-order valence-electron chi connectivity index (χ2n) is 6.50. The molecule has 1 aromatic carbocycles. The van der Waals surface area contributed by atoms with Gasteiger partial charge in [0.1, 0.15) is 12.4 Å². The fourth-order valence-corrected chi connectivity index (χ4v) is 3.00. The van der Waals surface area contributed by atoms with E-state index in [0.717, 1.165) is 6.20 Å². The van der Waals surface area contributed by atoms with Crippen LogP contribution >= 0.6 is 0 Å². The lowest BCUT2D eigenvalue weighted by atomic mass is 10.1. The monoisotopic (exact) mass is 396 g/mol. The predicted molar refractivity (Wildman–Crippen MR) is 102 cm³/mol. The van der Waals surface area contributed by atoms with Crippen LogP contribution in [0.2, 0.25) is 0 Å². The third kappa shape index (κ3) is 3.54. The molecule has 0 N–H and O–H groups in total. The Labute approximate surface area is 165 Å². The van der Waals surface area contributed by atoms with Gasteiger partial charge in [0.05, 0.1) is 31.7 Å². The van der Waals surface area contributed by atoms with Crippen molar-refractivity contribution in [3.05, 3.63) is 75.8 Å². The van der Waals surface area contributed by atoms with Gasteiger partial charge >= 0.3 is 0 Å². The van der Waals surface area contributed by atoms with Crippen LogP contribution in [0.3, 0.4) is 0 Å². The number of anilines is 1. The number of pyridine rings is 1. The lowest BCUT2D eigenvalue weighted by molar-refractivity contribution is 0.0995. The number of hydrogen-bond donors (Lipinski definition) is 0. The Morgan fingerprint density at radius 3 is 2.69 bits per heavy atom. The third-order valence-corrected chi connectivity index (χ3v) is 4.61. The standard InChI is InChI=1S/C20H17FN4O4/c1-24-10-18(23-8-19(24)26)25-9-12-5-16(21)17(6-15(12)20(25)27)29-11-13-3-4-14(28-2)7-22-13/h3-8,10H,9,11H2,1-2H3. The molecule has 0 bridgehead atoms. The summed E-state index contributed by atoms with van der Waals surface area (Å²) in [5.41, 5.74) is 1.16. The van der Waals surface area contributed by atoms with E-state index in [4.69, 9.17) is 9.47 Å². The normalized spacial score (nSPS) is 12.8. The van der Waals surface area contributed by atoms with Crippen LogP contribution in [0.1, 0.15) is 21.6 Å². The summed E-state index contributed by atoms with van der Waals surface area (Å²) in [6, 6.07) is 6.11. The predicted octanol–water partition coefficient (Wildman–Crippen LogP) is 2.06. The first-order valence-corrected chi connectivity index (χ1v) is 8.75. The number of aryl methyl sites for hydroxylation is 1. The zero-order chi connectivity index (χ0) is 20.5. The van der Waals surface area contributed by atoms with Gasteiger partial charge in [-0.2, -0.15) is 0 Å². The summed E-state index contributed by atoms with van der Waals surface area (Å²) < 4.78 is 26.4. The van der Waals surface area contributed by atoms with Gasteiger partial charge in [0, 0.05) is 18.8 Å². The van der Waals surface area contributed by atoms with E-state index in [2.05, 4.69) is 9.97 Å². The summed E-state index contributed by atoms with van der Waals surface area (Å²) in [4.78, 5) is 33.9. The number of rotatable bonds is 5. The highest BCUT2D eigenvalue weighted by atomic mass is 19.1. The average Bonchev–Trinajstić information content (AvgIpc) is 3.04. The van der Waals surface area contributed by atoms with Crippen LogP contribution < -0.4 is 19.9 Å². The third-order valence-electron chi connectivity index (χ3n) is 4.61. The lowest BCUT2D eigenvalue weighted by Gasteiger charge is -2.14. The molecule has 0 saturated carbocycles. The SMILES string of the molecule is COc1ccc(COc2cc3c(cc2F)CN(c2cn(C)c(=O)cn2)C3=O)nc1. The van der Waals surface area contributed by atoms with Crippen molar-refractivity contribution in [2.75, 3.05) is 12.0 Å². The van der Waals surface area contributed by atoms with Crippen molar-refractivity contribution < 1.29 is 18.7 Å². The molecule has 0 unspecified atom stereocenters. The van der Waals surface area contributed by atoms with Crippen molar-refractivity contribution in [2.45, 2.75) is 13.2 Å². The van der Waals surface area contributed by atoms with E-state index in [1.807, 2.05) is 0 Å².